The Morgan fingerprint density at radius 3 is 2.92 bits per heavy atom. The minimum atomic E-state index is 1.08. The quantitative estimate of drug-likeness (QED) is 0.675. The Morgan fingerprint density at radius 1 is 1.33 bits per heavy atom. The summed E-state index contributed by atoms with van der Waals surface area (Å²) in [6, 6.07) is 6.46. The van der Waals surface area contributed by atoms with Crippen molar-refractivity contribution in [3.8, 4) is 0 Å². The Kier molecular flexibility index (Phi) is 1.77. The second-order valence-corrected chi connectivity index (χ2v) is 3.37. The summed E-state index contributed by atoms with van der Waals surface area (Å²) in [6.45, 7) is 2.16. The van der Waals surface area contributed by atoms with Crippen LogP contribution in [0.4, 0.5) is 5.69 Å². The van der Waals surface area contributed by atoms with Gasteiger partial charge in [-0.3, -0.25) is 4.90 Å². The van der Waals surface area contributed by atoms with Crippen LogP contribution < -0.4 is 5.32 Å². The molecule has 1 N–H and O–H groups in total. The topological polar surface area (TPSA) is 15.3 Å². The highest BCUT2D eigenvalue weighted by atomic mass is 15.1. The van der Waals surface area contributed by atoms with Crippen molar-refractivity contribution < 1.29 is 0 Å². The third-order valence-corrected chi connectivity index (χ3v) is 2.41. The minimum Gasteiger partial charge on any atom is -0.388 e. The van der Waals surface area contributed by atoms with Crippen LogP contribution in [0.3, 0.4) is 0 Å². The van der Waals surface area contributed by atoms with Crippen molar-refractivity contribution in [3.05, 3.63) is 29.3 Å². The van der Waals surface area contributed by atoms with Crippen LogP contribution >= 0.6 is 0 Å². The van der Waals surface area contributed by atoms with Gasteiger partial charge in [0.1, 0.15) is 0 Å². The summed E-state index contributed by atoms with van der Waals surface area (Å²) in [5.41, 5.74) is 4.20. The van der Waals surface area contributed by atoms with E-state index in [1.165, 1.54) is 16.8 Å². The Labute approximate surface area is 73.2 Å². The average Bonchev–Trinajstić information content (AvgIpc) is 2.44. The molecule has 2 heteroatoms. The van der Waals surface area contributed by atoms with Crippen molar-refractivity contribution in [3.63, 3.8) is 0 Å². The molecule has 0 spiro atoms. The Bertz CT molecular complexity index is 294. The highest BCUT2D eigenvalue weighted by Gasteiger charge is 2.17. The molecule has 0 saturated carbocycles. The highest BCUT2D eigenvalue weighted by molar-refractivity contribution is 5.55. The standard InChI is InChI=1S/C10H14N2/c1-11-10-5-3-4-8-6-12(2)7-9(8)10/h3-5,11H,6-7H2,1-2H3. The van der Waals surface area contributed by atoms with E-state index >= 15 is 0 Å². The van der Waals surface area contributed by atoms with Gasteiger partial charge in [0.2, 0.25) is 0 Å². The zero-order valence-corrected chi connectivity index (χ0v) is 7.59. The third-order valence-electron chi connectivity index (χ3n) is 2.41. The Balaban J connectivity index is 2.44. The molecule has 0 fully saturated rings. The van der Waals surface area contributed by atoms with Crippen molar-refractivity contribution in [2.45, 2.75) is 13.1 Å². The molecule has 0 saturated heterocycles. The number of hydrogen-bond donors (Lipinski definition) is 1. The lowest BCUT2D eigenvalue weighted by Crippen LogP contribution is -2.07. The summed E-state index contributed by atoms with van der Waals surface area (Å²) in [5, 5.41) is 3.22. The van der Waals surface area contributed by atoms with Crippen LogP contribution in [0, 0.1) is 0 Å². The highest BCUT2D eigenvalue weighted by Crippen LogP contribution is 2.27. The Morgan fingerprint density at radius 2 is 2.17 bits per heavy atom. The van der Waals surface area contributed by atoms with Crippen LogP contribution in [0.15, 0.2) is 18.2 Å². The largest absolute Gasteiger partial charge is 0.388 e. The van der Waals surface area contributed by atoms with Gasteiger partial charge in [0.05, 0.1) is 0 Å². The maximum atomic E-state index is 3.22. The van der Waals surface area contributed by atoms with E-state index < -0.39 is 0 Å². The van der Waals surface area contributed by atoms with Gasteiger partial charge in [0.25, 0.3) is 0 Å². The number of anilines is 1. The molecule has 1 heterocycles. The number of fused-ring (bicyclic) bond motifs is 1. The first-order valence-corrected chi connectivity index (χ1v) is 4.28. The van der Waals surface area contributed by atoms with Crippen molar-refractivity contribution in [2.75, 3.05) is 19.4 Å². The summed E-state index contributed by atoms with van der Waals surface area (Å²) in [6.07, 6.45) is 0. The lowest BCUT2D eigenvalue weighted by Gasteiger charge is -2.06. The second-order valence-electron chi connectivity index (χ2n) is 3.37. The first-order valence-electron chi connectivity index (χ1n) is 4.28. The van der Waals surface area contributed by atoms with E-state index in [-0.39, 0.29) is 0 Å². The van der Waals surface area contributed by atoms with Gasteiger partial charge in [-0.1, -0.05) is 12.1 Å². The maximum absolute atomic E-state index is 3.22. The van der Waals surface area contributed by atoms with Gasteiger partial charge < -0.3 is 5.32 Å². The van der Waals surface area contributed by atoms with E-state index in [9.17, 15) is 0 Å². The first-order chi connectivity index (χ1) is 5.81. The monoisotopic (exact) mass is 162 g/mol. The fraction of sp³-hybridized carbons (Fsp3) is 0.400. The van der Waals surface area contributed by atoms with Crippen molar-refractivity contribution in [1.82, 2.24) is 4.90 Å². The summed E-state index contributed by atoms with van der Waals surface area (Å²) in [7, 11) is 4.13. The molecule has 0 bridgehead atoms. The fourth-order valence-electron chi connectivity index (χ4n) is 1.82. The number of benzene rings is 1. The summed E-state index contributed by atoms with van der Waals surface area (Å²) in [5.74, 6) is 0. The van der Waals surface area contributed by atoms with E-state index in [0.29, 0.717) is 0 Å². The predicted molar refractivity (Wildman–Crippen MR) is 51.2 cm³/mol. The van der Waals surface area contributed by atoms with Crippen LogP contribution in [-0.2, 0) is 13.1 Å². The number of rotatable bonds is 1. The van der Waals surface area contributed by atoms with Crippen LogP contribution in [0.25, 0.3) is 0 Å². The molecule has 12 heavy (non-hydrogen) atoms. The molecule has 1 aliphatic heterocycles. The van der Waals surface area contributed by atoms with Gasteiger partial charge in [0, 0.05) is 25.8 Å². The van der Waals surface area contributed by atoms with Gasteiger partial charge in [-0.2, -0.15) is 0 Å². The summed E-state index contributed by atoms with van der Waals surface area (Å²) < 4.78 is 0. The number of nitrogens with zero attached hydrogens (tertiary/aromatic N) is 1. The molecule has 1 aromatic carbocycles. The summed E-state index contributed by atoms with van der Waals surface area (Å²) in [4.78, 5) is 2.32. The zero-order valence-electron chi connectivity index (χ0n) is 7.59. The maximum Gasteiger partial charge on any atom is 0.0386 e. The van der Waals surface area contributed by atoms with Crippen molar-refractivity contribution >= 4 is 5.69 Å². The third kappa shape index (κ3) is 1.08. The molecule has 0 atom stereocenters. The van der Waals surface area contributed by atoms with E-state index in [0.717, 1.165) is 13.1 Å². The molecular weight excluding hydrogens is 148 g/mol. The lowest BCUT2D eigenvalue weighted by molar-refractivity contribution is 0.353. The van der Waals surface area contributed by atoms with E-state index in [2.05, 4.69) is 35.5 Å². The molecule has 2 rings (SSSR count). The fourth-order valence-corrected chi connectivity index (χ4v) is 1.82. The van der Waals surface area contributed by atoms with Crippen LogP contribution in [0.2, 0.25) is 0 Å². The smallest absolute Gasteiger partial charge is 0.0386 e. The van der Waals surface area contributed by atoms with E-state index in [1.54, 1.807) is 0 Å². The lowest BCUT2D eigenvalue weighted by atomic mass is 10.1. The number of hydrogen-bond acceptors (Lipinski definition) is 2. The van der Waals surface area contributed by atoms with Crippen LogP contribution in [0.1, 0.15) is 11.1 Å². The minimum absolute atomic E-state index is 1.08. The molecule has 1 aliphatic rings. The summed E-state index contributed by atoms with van der Waals surface area (Å²) >= 11 is 0. The van der Waals surface area contributed by atoms with Gasteiger partial charge in [0.15, 0.2) is 0 Å². The molecule has 2 nitrogen and oxygen atoms in total. The van der Waals surface area contributed by atoms with Crippen molar-refractivity contribution in [1.29, 1.82) is 0 Å². The van der Waals surface area contributed by atoms with Crippen molar-refractivity contribution in [2.24, 2.45) is 0 Å². The molecular formula is C10H14N2. The average molecular weight is 162 g/mol. The molecule has 1 aromatic rings. The van der Waals surface area contributed by atoms with Gasteiger partial charge in [-0.25, -0.2) is 0 Å². The molecule has 64 valence electrons. The Hall–Kier alpha value is -1.02. The normalized spacial score (nSPS) is 16.2. The predicted octanol–water partition coefficient (Wildman–Crippen LogP) is 1.67. The zero-order chi connectivity index (χ0) is 8.55. The van der Waals surface area contributed by atoms with E-state index in [4.69, 9.17) is 0 Å². The van der Waals surface area contributed by atoms with Gasteiger partial charge in [-0.15, -0.1) is 0 Å². The molecule has 0 unspecified atom stereocenters. The van der Waals surface area contributed by atoms with Gasteiger partial charge in [-0.05, 0) is 24.2 Å². The first kappa shape index (κ1) is 7.62. The van der Waals surface area contributed by atoms with Crippen LogP contribution in [0.5, 0.6) is 0 Å². The van der Waals surface area contributed by atoms with E-state index in [1.807, 2.05) is 7.05 Å². The van der Waals surface area contributed by atoms with Gasteiger partial charge >= 0.3 is 0 Å². The number of nitrogens with one attached hydrogen (secondary N) is 1. The van der Waals surface area contributed by atoms with Crippen LogP contribution in [-0.4, -0.2) is 19.0 Å². The molecule has 0 aromatic heterocycles. The second kappa shape index (κ2) is 2.79. The molecule has 0 radical (unpaired) electrons. The SMILES string of the molecule is CNc1cccc2c1CN(C)C2. The molecule has 0 aliphatic carbocycles. The molecule has 0 amide bonds.